The molecule has 0 spiro atoms. The van der Waals surface area contributed by atoms with Crippen molar-refractivity contribution in [3.63, 3.8) is 0 Å². The number of rotatable bonds is 29. The SMILES string of the molecule is CCCCCCCCc1ccc(CCC(N)(CO)CC(COCCOCCOCCOCCOP(=O)(O)O)N=[N+]=[N-])cc1. The van der Waals surface area contributed by atoms with E-state index in [1.807, 2.05) is 0 Å². The van der Waals surface area contributed by atoms with E-state index in [-0.39, 0.29) is 33.0 Å². The molecule has 0 aromatic heterocycles. The number of aryl methyl sites for hydroxylation is 2. The highest BCUT2D eigenvalue weighted by atomic mass is 31.2. The van der Waals surface area contributed by atoms with E-state index in [2.05, 4.69) is 45.7 Å². The van der Waals surface area contributed by atoms with E-state index in [0.717, 1.165) is 12.0 Å². The van der Waals surface area contributed by atoms with Gasteiger partial charge in [-0.1, -0.05) is 68.4 Å². The first kappa shape index (κ1) is 39.4. The summed E-state index contributed by atoms with van der Waals surface area (Å²) in [6.45, 7) is 3.90. The standard InChI is InChI=1S/C29H53N4O9P/c1-2-3-4-5-6-7-8-26-9-11-27(12-10-26)13-14-29(30,25-34)23-28(32-33-31)24-41-20-19-39-16-15-38-17-18-40-21-22-42-43(35,36)37/h9-12,28,34H,2-8,13-25,30H2,1H3,(H2,35,36,37). The number of aliphatic hydroxyl groups excluding tert-OH is 1. The van der Waals surface area contributed by atoms with E-state index >= 15 is 0 Å². The molecule has 2 unspecified atom stereocenters. The van der Waals surface area contributed by atoms with Crippen LogP contribution in [0.25, 0.3) is 10.4 Å². The Bertz CT molecular complexity index is 916. The Kier molecular flexibility index (Phi) is 22.6. The fraction of sp³-hybridized carbons (Fsp3) is 0.793. The normalized spacial score (nSPS) is 13.9. The van der Waals surface area contributed by atoms with Crippen molar-refractivity contribution >= 4 is 7.82 Å². The van der Waals surface area contributed by atoms with Gasteiger partial charge in [-0.15, -0.1) is 0 Å². The highest BCUT2D eigenvalue weighted by Crippen LogP contribution is 2.35. The molecule has 5 N–H and O–H groups in total. The van der Waals surface area contributed by atoms with Crippen molar-refractivity contribution in [3.8, 4) is 0 Å². The molecule has 1 aromatic carbocycles. The fourth-order valence-corrected chi connectivity index (χ4v) is 4.70. The highest BCUT2D eigenvalue weighted by molar-refractivity contribution is 7.46. The number of aliphatic hydroxyl groups is 1. The molecule has 0 aliphatic carbocycles. The van der Waals surface area contributed by atoms with Crippen LogP contribution in [0.4, 0.5) is 0 Å². The molecule has 13 nitrogen and oxygen atoms in total. The van der Waals surface area contributed by atoms with Gasteiger partial charge in [0, 0.05) is 10.5 Å². The van der Waals surface area contributed by atoms with Gasteiger partial charge in [0.2, 0.25) is 0 Å². The maximum Gasteiger partial charge on any atom is 0.469 e. The lowest BCUT2D eigenvalue weighted by atomic mass is 9.87. The number of azide groups is 1. The van der Waals surface area contributed by atoms with Crippen molar-refractivity contribution in [2.24, 2.45) is 10.8 Å². The highest BCUT2D eigenvalue weighted by Gasteiger charge is 2.28. The molecule has 0 fully saturated rings. The van der Waals surface area contributed by atoms with E-state index in [0.29, 0.717) is 52.3 Å². The molecule has 0 radical (unpaired) electrons. The van der Waals surface area contributed by atoms with E-state index in [1.165, 1.54) is 44.1 Å². The summed E-state index contributed by atoms with van der Waals surface area (Å²) in [5.41, 5.74) is 17.1. The molecule has 0 amide bonds. The third-order valence-electron chi connectivity index (χ3n) is 6.84. The van der Waals surface area contributed by atoms with Crippen LogP contribution in [-0.2, 0) is 40.9 Å². The number of phosphoric ester groups is 1. The first-order chi connectivity index (χ1) is 20.7. The second-order valence-corrected chi connectivity index (χ2v) is 11.9. The number of hydrogen-bond donors (Lipinski definition) is 4. The Morgan fingerprint density at radius 2 is 1.37 bits per heavy atom. The van der Waals surface area contributed by atoms with Crippen LogP contribution in [-0.4, -0.2) is 92.5 Å². The topological polar surface area (TPSA) is 199 Å². The Balaban J connectivity index is 2.21. The Morgan fingerprint density at radius 3 is 1.91 bits per heavy atom. The summed E-state index contributed by atoms with van der Waals surface area (Å²) in [7, 11) is -4.46. The Morgan fingerprint density at radius 1 is 0.860 bits per heavy atom. The van der Waals surface area contributed by atoms with Gasteiger partial charge < -0.3 is 39.6 Å². The zero-order valence-corrected chi connectivity index (χ0v) is 26.6. The molecular weight excluding hydrogens is 579 g/mol. The van der Waals surface area contributed by atoms with E-state index in [9.17, 15) is 9.67 Å². The fourth-order valence-electron chi connectivity index (χ4n) is 4.39. The van der Waals surface area contributed by atoms with Gasteiger partial charge in [0.05, 0.1) is 72.1 Å². The summed E-state index contributed by atoms with van der Waals surface area (Å²) in [4.78, 5) is 20.0. The summed E-state index contributed by atoms with van der Waals surface area (Å²) in [5, 5.41) is 13.9. The van der Waals surface area contributed by atoms with Gasteiger partial charge in [-0.25, -0.2) is 4.57 Å². The Labute approximate surface area is 256 Å². The molecule has 248 valence electrons. The predicted octanol–water partition coefficient (Wildman–Crippen LogP) is 4.46. The van der Waals surface area contributed by atoms with Gasteiger partial charge in [-0.3, -0.25) is 4.52 Å². The van der Waals surface area contributed by atoms with E-state index in [1.54, 1.807) is 0 Å². The van der Waals surface area contributed by atoms with Crippen molar-refractivity contribution in [1.29, 1.82) is 0 Å². The lowest BCUT2D eigenvalue weighted by Gasteiger charge is -2.30. The van der Waals surface area contributed by atoms with Crippen LogP contribution in [0.5, 0.6) is 0 Å². The summed E-state index contributed by atoms with van der Waals surface area (Å²) < 4.78 is 36.3. The summed E-state index contributed by atoms with van der Waals surface area (Å²) >= 11 is 0. The van der Waals surface area contributed by atoms with Gasteiger partial charge >= 0.3 is 7.82 Å². The maximum atomic E-state index is 10.5. The number of benzene rings is 1. The first-order valence-corrected chi connectivity index (χ1v) is 16.8. The molecule has 14 heteroatoms. The molecule has 43 heavy (non-hydrogen) atoms. The molecule has 0 heterocycles. The molecule has 1 aromatic rings. The maximum absolute atomic E-state index is 10.5. The number of ether oxygens (including phenoxy) is 4. The molecule has 0 aliphatic heterocycles. The van der Waals surface area contributed by atoms with Crippen molar-refractivity contribution in [2.45, 2.75) is 82.7 Å². The van der Waals surface area contributed by atoms with Crippen LogP contribution in [0.15, 0.2) is 29.4 Å². The molecule has 2 atom stereocenters. The van der Waals surface area contributed by atoms with Crippen LogP contribution in [0.2, 0.25) is 0 Å². The van der Waals surface area contributed by atoms with Gasteiger partial charge in [-0.2, -0.15) is 0 Å². The van der Waals surface area contributed by atoms with Crippen LogP contribution >= 0.6 is 7.82 Å². The molecule has 1 rings (SSSR count). The van der Waals surface area contributed by atoms with Crippen molar-refractivity contribution in [1.82, 2.24) is 0 Å². The Hall–Kier alpha value is -1.60. The number of unbranched alkanes of at least 4 members (excludes halogenated alkanes) is 5. The van der Waals surface area contributed by atoms with Crippen molar-refractivity contribution in [2.75, 3.05) is 66.1 Å². The number of nitrogens with two attached hydrogens (primary N) is 1. The van der Waals surface area contributed by atoms with Crippen LogP contribution in [0, 0.1) is 0 Å². The van der Waals surface area contributed by atoms with Gasteiger partial charge in [0.1, 0.15) is 0 Å². The third kappa shape index (κ3) is 22.5. The van der Waals surface area contributed by atoms with Crippen molar-refractivity contribution in [3.05, 3.63) is 45.8 Å². The van der Waals surface area contributed by atoms with Crippen LogP contribution in [0.3, 0.4) is 0 Å². The monoisotopic (exact) mass is 632 g/mol. The van der Waals surface area contributed by atoms with Gasteiger partial charge in [0.15, 0.2) is 0 Å². The zero-order chi connectivity index (χ0) is 31.7. The van der Waals surface area contributed by atoms with E-state index in [4.69, 9.17) is 40.0 Å². The minimum atomic E-state index is -4.46. The predicted molar refractivity (Wildman–Crippen MR) is 165 cm³/mol. The van der Waals surface area contributed by atoms with Crippen LogP contribution in [0.1, 0.15) is 69.4 Å². The summed E-state index contributed by atoms with van der Waals surface area (Å²) in [6.07, 6.45) is 10.4. The zero-order valence-electron chi connectivity index (χ0n) is 25.7. The first-order valence-electron chi connectivity index (χ1n) is 15.2. The molecule has 0 bridgehead atoms. The largest absolute Gasteiger partial charge is 0.469 e. The second-order valence-electron chi connectivity index (χ2n) is 10.7. The van der Waals surface area contributed by atoms with E-state index < -0.39 is 19.4 Å². The number of hydrogen-bond acceptors (Lipinski definition) is 9. The lowest BCUT2D eigenvalue weighted by molar-refractivity contribution is -0.00744. The van der Waals surface area contributed by atoms with Gasteiger partial charge in [-0.05, 0) is 48.8 Å². The van der Waals surface area contributed by atoms with Crippen LogP contribution < -0.4 is 5.73 Å². The summed E-state index contributed by atoms with van der Waals surface area (Å²) in [5.74, 6) is 0. The minimum Gasteiger partial charge on any atom is -0.394 e. The number of phosphoric acid groups is 1. The minimum absolute atomic E-state index is 0.0515. The second kappa shape index (κ2) is 24.7. The molecule has 0 aliphatic rings. The molecule has 0 saturated carbocycles. The van der Waals surface area contributed by atoms with Gasteiger partial charge in [0.25, 0.3) is 0 Å². The average molecular weight is 633 g/mol. The van der Waals surface area contributed by atoms with Crippen molar-refractivity contribution < 1.29 is 42.9 Å². The molecular formula is C29H53N4O9P. The quantitative estimate of drug-likeness (QED) is 0.0321. The third-order valence-corrected chi connectivity index (χ3v) is 7.36. The smallest absolute Gasteiger partial charge is 0.394 e. The lowest BCUT2D eigenvalue weighted by Crippen LogP contribution is -2.47. The summed E-state index contributed by atoms with van der Waals surface area (Å²) in [6, 6.07) is 8.10. The molecule has 0 saturated heterocycles. The average Bonchev–Trinajstić information content (AvgIpc) is 2.98. The number of nitrogens with zero attached hydrogens (tertiary/aromatic N) is 3.